The highest BCUT2D eigenvalue weighted by molar-refractivity contribution is 5.93. The van der Waals surface area contributed by atoms with Gasteiger partial charge in [0, 0.05) is 12.2 Å². The molecule has 0 bridgehead atoms. The summed E-state index contributed by atoms with van der Waals surface area (Å²) >= 11 is 0. The second kappa shape index (κ2) is 9.88. The number of amides is 2. The molecule has 9 heteroatoms. The number of hydrogen-bond acceptors (Lipinski definition) is 7. The Morgan fingerprint density at radius 2 is 1.12 bits per heavy atom. The third kappa shape index (κ3) is 5.79. The summed E-state index contributed by atoms with van der Waals surface area (Å²) in [5.74, 6) is -2.00. The van der Waals surface area contributed by atoms with Gasteiger partial charge in [0.25, 0.3) is 0 Å². The number of phenols is 4. The number of carbonyl (C=O) groups is 2. The molecule has 1 aliphatic carbocycles. The Balaban J connectivity index is 1.50. The lowest BCUT2D eigenvalue weighted by atomic mass is 10.1. The smallest absolute Gasteiger partial charge is 0.244 e. The SMILES string of the molecule is O=C(C=Cc1ccc(O)c(O)c1)N[C@@H]1CC[C@@H](NC(=O)C=Cc2ccc(O)c(O)c2)C1O. The summed E-state index contributed by atoms with van der Waals surface area (Å²) in [6, 6.07) is 7.21. The quantitative estimate of drug-likeness (QED) is 0.264. The third-order valence-corrected chi connectivity index (χ3v) is 5.12. The molecule has 2 atom stereocenters. The Hall–Kier alpha value is -3.98. The monoisotopic (exact) mass is 440 g/mol. The van der Waals surface area contributed by atoms with Crippen LogP contribution in [0.15, 0.2) is 48.6 Å². The first-order valence-corrected chi connectivity index (χ1v) is 9.92. The van der Waals surface area contributed by atoms with Gasteiger partial charge >= 0.3 is 0 Å². The molecule has 168 valence electrons. The van der Waals surface area contributed by atoms with Gasteiger partial charge in [0.2, 0.25) is 11.8 Å². The highest BCUT2D eigenvalue weighted by Crippen LogP contribution is 2.26. The Morgan fingerprint density at radius 1 is 0.719 bits per heavy atom. The van der Waals surface area contributed by atoms with E-state index in [1.807, 2.05) is 0 Å². The molecule has 0 saturated heterocycles. The van der Waals surface area contributed by atoms with E-state index >= 15 is 0 Å². The summed E-state index contributed by atoms with van der Waals surface area (Å²) in [5.41, 5.74) is 1.03. The van der Waals surface area contributed by atoms with E-state index in [1.54, 1.807) is 0 Å². The lowest BCUT2D eigenvalue weighted by molar-refractivity contribution is -0.118. The van der Waals surface area contributed by atoms with Crippen LogP contribution >= 0.6 is 0 Å². The molecule has 1 saturated carbocycles. The third-order valence-electron chi connectivity index (χ3n) is 5.12. The van der Waals surface area contributed by atoms with Crippen LogP contribution < -0.4 is 10.6 Å². The van der Waals surface area contributed by atoms with Crippen molar-refractivity contribution in [3.05, 3.63) is 59.7 Å². The first-order valence-electron chi connectivity index (χ1n) is 9.92. The largest absolute Gasteiger partial charge is 0.504 e. The zero-order valence-corrected chi connectivity index (χ0v) is 17.0. The highest BCUT2D eigenvalue weighted by Gasteiger charge is 2.35. The Morgan fingerprint density at radius 3 is 1.50 bits per heavy atom. The minimum atomic E-state index is -0.972. The molecular weight excluding hydrogens is 416 g/mol. The number of rotatable bonds is 6. The van der Waals surface area contributed by atoms with Gasteiger partial charge < -0.3 is 36.2 Å². The molecule has 0 radical (unpaired) electrons. The molecule has 0 unspecified atom stereocenters. The number of aromatic hydroxyl groups is 4. The topological polar surface area (TPSA) is 159 Å². The van der Waals surface area contributed by atoms with E-state index in [-0.39, 0.29) is 23.0 Å². The number of carbonyl (C=O) groups excluding carboxylic acids is 2. The number of hydrogen-bond donors (Lipinski definition) is 7. The molecule has 2 aromatic carbocycles. The number of benzene rings is 2. The van der Waals surface area contributed by atoms with Crippen molar-refractivity contribution < 1.29 is 35.1 Å². The molecule has 1 fully saturated rings. The average Bonchev–Trinajstić information content (AvgIpc) is 3.09. The predicted octanol–water partition coefficient (Wildman–Crippen LogP) is 1.36. The molecule has 2 amide bonds. The molecule has 2 aromatic rings. The molecule has 9 nitrogen and oxygen atoms in total. The first-order chi connectivity index (χ1) is 15.2. The number of phenolic OH excluding ortho intramolecular Hbond substituents is 4. The first kappa shape index (κ1) is 22.7. The van der Waals surface area contributed by atoms with Crippen molar-refractivity contribution in [3.63, 3.8) is 0 Å². The van der Waals surface area contributed by atoms with E-state index in [4.69, 9.17) is 0 Å². The maximum Gasteiger partial charge on any atom is 0.244 e. The Kier molecular flexibility index (Phi) is 7.01. The second-order valence-electron chi connectivity index (χ2n) is 7.46. The Bertz CT molecular complexity index is 981. The lowest BCUT2D eigenvalue weighted by Gasteiger charge is -2.20. The summed E-state index contributed by atoms with van der Waals surface area (Å²) in [6.07, 6.45) is 5.39. The van der Waals surface area contributed by atoms with E-state index in [1.165, 1.54) is 60.7 Å². The van der Waals surface area contributed by atoms with Crippen molar-refractivity contribution in [3.8, 4) is 23.0 Å². The van der Waals surface area contributed by atoms with Crippen molar-refractivity contribution in [2.24, 2.45) is 0 Å². The molecule has 3 rings (SSSR count). The van der Waals surface area contributed by atoms with Crippen molar-refractivity contribution in [2.75, 3.05) is 0 Å². The summed E-state index contributed by atoms with van der Waals surface area (Å²) < 4.78 is 0. The van der Waals surface area contributed by atoms with Crippen LogP contribution in [0.2, 0.25) is 0 Å². The van der Waals surface area contributed by atoms with Crippen LogP contribution in [-0.2, 0) is 9.59 Å². The number of nitrogens with one attached hydrogen (secondary N) is 2. The Labute approximate surface area is 184 Å². The van der Waals surface area contributed by atoms with Crippen LogP contribution in [0, 0.1) is 0 Å². The van der Waals surface area contributed by atoms with Gasteiger partial charge in [-0.05, 0) is 60.4 Å². The fourth-order valence-corrected chi connectivity index (χ4v) is 3.39. The molecule has 32 heavy (non-hydrogen) atoms. The van der Waals surface area contributed by atoms with Gasteiger partial charge in [-0.2, -0.15) is 0 Å². The minimum absolute atomic E-state index is 0.259. The lowest BCUT2D eigenvalue weighted by Crippen LogP contribution is -2.47. The van der Waals surface area contributed by atoms with Crippen molar-refractivity contribution in [2.45, 2.75) is 31.0 Å². The van der Waals surface area contributed by atoms with Crippen LogP contribution in [0.3, 0.4) is 0 Å². The van der Waals surface area contributed by atoms with Gasteiger partial charge in [-0.3, -0.25) is 9.59 Å². The molecule has 0 spiro atoms. The summed E-state index contributed by atoms with van der Waals surface area (Å²) in [4.78, 5) is 24.3. The molecule has 0 heterocycles. The predicted molar refractivity (Wildman–Crippen MR) is 117 cm³/mol. The van der Waals surface area contributed by atoms with E-state index in [2.05, 4.69) is 10.6 Å². The van der Waals surface area contributed by atoms with Gasteiger partial charge in [-0.15, -0.1) is 0 Å². The number of aliphatic hydroxyl groups excluding tert-OH is 1. The number of aliphatic hydroxyl groups is 1. The molecule has 1 aliphatic rings. The van der Waals surface area contributed by atoms with Gasteiger partial charge in [-0.1, -0.05) is 12.1 Å². The second-order valence-corrected chi connectivity index (χ2v) is 7.46. The molecular formula is C23H24N2O7. The zero-order valence-electron chi connectivity index (χ0n) is 17.0. The van der Waals surface area contributed by atoms with Gasteiger partial charge in [0.05, 0.1) is 18.2 Å². The van der Waals surface area contributed by atoms with E-state index in [0.29, 0.717) is 24.0 Å². The van der Waals surface area contributed by atoms with Crippen molar-refractivity contribution in [1.29, 1.82) is 0 Å². The summed E-state index contributed by atoms with van der Waals surface area (Å²) in [5, 5.41) is 53.4. The van der Waals surface area contributed by atoms with E-state index < -0.39 is 30.0 Å². The molecule has 0 aliphatic heterocycles. The standard InChI is InChI=1S/C23H24N2O7/c26-17-7-1-13(11-19(17)28)3-9-21(30)24-15-5-6-16(23(15)32)25-22(31)10-4-14-2-8-18(27)20(29)12-14/h1-4,7-12,15-16,23,26-29,32H,5-6H2,(H,24,30)(H,25,31)/t15-,16-,23?/m1/s1. The minimum Gasteiger partial charge on any atom is -0.504 e. The van der Waals surface area contributed by atoms with Crippen LogP contribution in [0.25, 0.3) is 12.2 Å². The summed E-state index contributed by atoms with van der Waals surface area (Å²) in [6.45, 7) is 0. The van der Waals surface area contributed by atoms with Crippen LogP contribution in [0.5, 0.6) is 23.0 Å². The molecule has 0 aromatic heterocycles. The van der Waals surface area contributed by atoms with Gasteiger partial charge in [0.1, 0.15) is 0 Å². The fourth-order valence-electron chi connectivity index (χ4n) is 3.39. The molecule has 7 N–H and O–H groups in total. The maximum atomic E-state index is 12.2. The van der Waals surface area contributed by atoms with Crippen LogP contribution in [-0.4, -0.2) is 55.5 Å². The van der Waals surface area contributed by atoms with Crippen molar-refractivity contribution >= 4 is 24.0 Å². The average molecular weight is 440 g/mol. The van der Waals surface area contributed by atoms with Gasteiger partial charge in [-0.25, -0.2) is 0 Å². The normalized spacial score (nSPS) is 20.6. The summed E-state index contributed by atoms with van der Waals surface area (Å²) in [7, 11) is 0. The van der Waals surface area contributed by atoms with Gasteiger partial charge in [0.15, 0.2) is 23.0 Å². The van der Waals surface area contributed by atoms with Crippen LogP contribution in [0.4, 0.5) is 0 Å². The van der Waals surface area contributed by atoms with E-state index in [9.17, 15) is 35.1 Å². The maximum absolute atomic E-state index is 12.2. The van der Waals surface area contributed by atoms with E-state index in [0.717, 1.165) is 0 Å². The highest BCUT2D eigenvalue weighted by atomic mass is 16.3. The van der Waals surface area contributed by atoms with Crippen molar-refractivity contribution in [1.82, 2.24) is 10.6 Å². The fraction of sp³-hybridized carbons (Fsp3) is 0.217. The van der Waals surface area contributed by atoms with Crippen LogP contribution in [0.1, 0.15) is 24.0 Å². The zero-order chi connectivity index (χ0) is 23.3.